The van der Waals surface area contributed by atoms with E-state index in [1.54, 1.807) is 0 Å². The van der Waals surface area contributed by atoms with Crippen LogP contribution in [0.25, 0.3) is 0 Å². The Morgan fingerprint density at radius 2 is 1.71 bits per heavy atom. The van der Waals surface area contributed by atoms with E-state index >= 15 is 0 Å². The van der Waals surface area contributed by atoms with Crippen LogP contribution in [0, 0.1) is 6.92 Å². The molecule has 3 heteroatoms. The Kier molecular flexibility index (Phi) is 3.13. The van der Waals surface area contributed by atoms with E-state index in [0.717, 1.165) is 36.0 Å². The molecular weight excluding hydrogens is 234 g/mol. The Bertz CT molecular complexity index is 461. The molecule has 0 atom stereocenters. The van der Waals surface area contributed by atoms with Crippen LogP contribution < -0.4 is 5.73 Å². The van der Waals surface area contributed by atoms with Crippen LogP contribution in [0.3, 0.4) is 0 Å². The number of hydrogen-bond donors (Lipinski definition) is 2. The minimum absolute atomic E-state index is 0.178. The first-order chi connectivity index (χ1) is 7.84. The SMILES string of the molecule is Cc1c2c(c(Cl)c(O)c1C(C)(C)N)CCCC2. The highest BCUT2D eigenvalue weighted by atomic mass is 35.5. The summed E-state index contributed by atoms with van der Waals surface area (Å²) < 4.78 is 0. The molecule has 94 valence electrons. The van der Waals surface area contributed by atoms with Gasteiger partial charge in [-0.25, -0.2) is 0 Å². The van der Waals surface area contributed by atoms with Gasteiger partial charge in [-0.3, -0.25) is 0 Å². The molecule has 17 heavy (non-hydrogen) atoms. The second-order valence-electron chi connectivity index (χ2n) is 5.55. The highest BCUT2D eigenvalue weighted by molar-refractivity contribution is 6.33. The second kappa shape index (κ2) is 4.18. The van der Waals surface area contributed by atoms with Gasteiger partial charge in [-0.05, 0) is 63.1 Å². The maximum Gasteiger partial charge on any atom is 0.139 e. The fraction of sp³-hybridized carbons (Fsp3) is 0.571. The molecule has 0 saturated carbocycles. The molecule has 1 aliphatic rings. The maximum absolute atomic E-state index is 10.3. The molecule has 0 unspecified atom stereocenters. The van der Waals surface area contributed by atoms with Gasteiger partial charge in [0.15, 0.2) is 0 Å². The average Bonchev–Trinajstić information content (AvgIpc) is 2.24. The Morgan fingerprint density at radius 1 is 1.18 bits per heavy atom. The Balaban J connectivity index is 2.75. The molecule has 0 aromatic heterocycles. The summed E-state index contributed by atoms with van der Waals surface area (Å²) >= 11 is 6.29. The largest absolute Gasteiger partial charge is 0.506 e. The van der Waals surface area contributed by atoms with Crippen molar-refractivity contribution in [2.75, 3.05) is 0 Å². The van der Waals surface area contributed by atoms with Crippen molar-refractivity contribution in [3.05, 3.63) is 27.3 Å². The number of nitrogens with two attached hydrogens (primary N) is 1. The van der Waals surface area contributed by atoms with Crippen molar-refractivity contribution in [1.29, 1.82) is 0 Å². The minimum atomic E-state index is -0.565. The van der Waals surface area contributed by atoms with Crippen LogP contribution in [0.5, 0.6) is 5.75 Å². The summed E-state index contributed by atoms with van der Waals surface area (Å²) in [5, 5.41) is 10.8. The topological polar surface area (TPSA) is 46.2 Å². The summed E-state index contributed by atoms with van der Waals surface area (Å²) in [4.78, 5) is 0. The van der Waals surface area contributed by atoms with E-state index in [0.29, 0.717) is 5.02 Å². The number of halogens is 1. The van der Waals surface area contributed by atoms with Gasteiger partial charge in [-0.1, -0.05) is 11.6 Å². The zero-order chi connectivity index (χ0) is 12.8. The first kappa shape index (κ1) is 12.7. The van der Waals surface area contributed by atoms with E-state index in [4.69, 9.17) is 17.3 Å². The number of fused-ring (bicyclic) bond motifs is 1. The van der Waals surface area contributed by atoms with Crippen molar-refractivity contribution >= 4 is 11.6 Å². The normalized spacial score (nSPS) is 15.8. The molecular formula is C14H20ClNO. The van der Waals surface area contributed by atoms with Crippen LogP contribution in [0.15, 0.2) is 0 Å². The Morgan fingerprint density at radius 3 is 2.24 bits per heavy atom. The van der Waals surface area contributed by atoms with Gasteiger partial charge in [-0.2, -0.15) is 0 Å². The molecule has 0 aliphatic heterocycles. The zero-order valence-corrected chi connectivity index (χ0v) is 11.5. The van der Waals surface area contributed by atoms with Gasteiger partial charge >= 0.3 is 0 Å². The Labute approximate surface area is 108 Å². The molecule has 2 rings (SSSR count). The standard InChI is InChI=1S/C14H20ClNO/c1-8-9-6-4-5-7-10(9)12(15)13(17)11(8)14(2,3)16/h17H,4-7,16H2,1-3H3. The third-order valence-corrected chi connectivity index (χ3v) is 4.06. The lowest BCUT2D eigenvalue weighted by molar-refractivity contribution is 0.436. The number of rotatable bonds is 1. The van der Waals surface area contributed by atoms with Crippen LogP contribution in [0.2, 0.25) is 5.02 Å². The molecule has 1 aromatic carbocycles. The smallest absolute Gasteiger partial charge is 0.139 e. The lowest BCUT2D eigenvalue weighted by atomic mass is 9.81. The average molecular weight is 254 g/mol. The summed E-state index contributed by atoms with van der Waals surface area (Å²) in [6, 6.07) is 0. The van der Waals surface area contributed by atoms with Crippen molar-refractivity contribution < 1.29 is 5.11 Å². The highest BCUT2D eigenvalue weighted by Crippen LogP contribution is 2.43. The number of phenolic OH excluding ortho intramolecular Hbond substituents is 1. The fourth-order valence-electron chi connectivity index (χ4n) is 2.93. The maximum atomic E-state index is 10.3. The molecule has 3 N–H and O–H groups in total. The lowest BCUT2D eigenvalue weighted by Gasteiger charge is -2.29. The third-order valence-electron chi connectivity index (χ3n) is 3.65. The second-order valence-corrected chi connectivity index (χ2v) is 5.93. The summed E-state index contributed by atoms with van der Waals surface area (Å²) in [5.41, 5.74) is 9.92. The van der Waals surface area contributed by atoms with Crippen LogP contribution in [-0.2, 0) is 18.4 Å². The molecule has 1 aliphatic carbocycles. The predicted octanol–water partition coefficient (Wildman–Crippen LogP) is 3.43. The van der Waals surface area contributed by atoms with E-state index in [-0.39, 0.29) is 5.75 Å². The number of phenols is 1. The summed E-state index contributed by atoms with van der Waals surface area (Å²) in [7, 11) is 0. The van der Waals surface area contributed by atoms with Crippen molar-refractivity contribution in [2.45, 2.75) is 52.0 Å². The first-order valence-electron chi connectivity index (χ1n) is 6.16. The highest BCUT2D eigenvalue weighted by Gasteiger charge is 2.28. The summed E-state index contributed by atoms with van der Waals surface area (Å²) in [6.45, 7) is 5.85. The number of aromatic hydroxyl groups is 1. The minimum Gasteiger partial charge on any atom is -0.506 e. The van der Waals surface area contributed by atoms with Crippen LogP contribution >= 0.6 is 11.6 Å². The third kappa shape index (κ3) is 2.04. The van der Waals surface area contributed by atoms with Gasteiger partial charge in [0, 0.05) is 11.1 Å². The molecule has 0 radical (unpaired) electrons. The monoisotopic (exact) mass is 253 g/mol. The molecule has 0 amide bonds. The quantitative estimate of drug-likeness (QED) is 0.806. The van der Waals surface area contributed by atoms with E-state index in [2.05, 4.69) is 0 Å². The van der Waals surface area contributed by atoms with Crippen molar-refractivity contribution in [3.63, 3.8) is 0 Å². The molecule has 0 heterocycles. The van der Waals surface area contributed by atoms with E-state index in [1.165, 1.54) is 12.0 Å². The van der Waals surface area contributed by atoms with Gasteiger partial charge < -0.3 is 10.8 Å². The van der Waals surface area contributed by atoms with Crippen molar-refractivity contribution in [1.82, 2.24) is 0 Å². The first-order valence-corrected chi connectivity index (χ1v) is 6.54. The Hall–Kier alpha value is -0.730. The molecule has 0 fully saturated rings. The van der Waals surface area contributed by atoms with Crippen LogP contribution in [0.1, 0.15) is 48.9 Å². The van der Waals surface area contributed by atoms with Gasteiger partial charge in [0.2, 0.25) is 0 Å². The predicted molar refractivity (Wildman–Crippen MR) is 71.7 cm³/mol. The molecule has 1 aromatic rings. The van der Waals surface area contributed by atoms with Crippen molar-refractivity contribution in [3.8, 4) is 5.75 Å². The molecule has 0 saturated heterocycles. The molecule has 2 nitrogen and oxygen atoms in total. The lowest BCUT2D eigenvalue weighted by Crippen LogP contribution is -2.30. The van der Waals surface area contributed by atoms with Crippen LogP contribution in [0.4, 0.5) is 0 Å². The summed E-state index contributed by atoms with van der Waals surface area (Å²) in [6.07, 6.45) is 4.36. The number of hydrogen-bond acceptors (Lipinski definition) is 2. The van der Waals surface area contributed by atoms with Gasteiger partial charge in [0.1, 0.15) is 5.75 Å². The molecule has 0 spiro atoms. The number of benzene rings is 1. The fourth-order valence-corrected chi connectivity index (χ4v) is 3.23. The van der Waals surface area contributed by atoms with Gasteiger partial charge in [0.25, 0.3) is 0 Å². The van der Waals surface area contributed by atoms with Crippen molar-refractivity contribution in [2.24, 2.45) is 5.73 Å². The van der Waals surface area contributed by atoms with E-state index in [1.807, 2.05) is 20.8 Å². The molecule has 0 bridgehead atoms. The zero-order valence-electron chi connectivity index (χ0n) is 10.7. The van der Waals surface area contributed by atoms with Gasteiger partial charge in [-0.15, -0.1) is 0 Å². The summed E-state index contributed by atoms with van der Waals surface area (Å²) in [5.74, 6) is 0.178. The van der Waals surface area contributed by atoms with Gasteiger partial charge in [0.05, 0.1) is 5.02 Å². The van der Waals surface area contributed by atoms with Crippen LogP contribution in [-0.4, -0.2) is 5.11 Å². The van der Waals surface area contributed by atoms with E-state index < -0.39 is 5.54 Å². The van der Waals surface area contributed by atoms with E-state index in [9.17, 15) is 5.11 Å².